The summed E-state index contributed by atoms with van der Waals surface area (Å²) in [6, 6.07) is 5.58. The summed E-state index contributed by atoms with van der Waals surface area (Å²) in [6.07, 6.45) is 0. The quantitative estimate of drug-likeness (QED) is 0.675. The number of amides is 1. The van der Waals surface area contributed by atoms with Crippen molar-refractivity contribution >= 4 is 22.6 Å². The van der Waals surface area contributed by atoms with Crippen molar-refractivity contribution in [2.75, 3.05) is 5.32 Å². The summed E-state index contributed by atoms with van der Waals surface area (Å²) >= 11 is 0. The number of benzene rings is 1. The van der Waals surface area contributed by atoms with E-state index < -0.39 is 23.6 Å². The zero-order chi connectivity index (χ0) is 16.5. The van der Waals surface area contributed by atoms with Gasteiger partial charge in [0.05, 0.1) is 0 Å². The highest BCUT2D eigenvalue weighted by Gasteiger charge is 2.19. The molecule has 1 amide bonds. The fourth-order valence-electron chi connectivity index (χ4n) is 1.89. The minimum Gasteiger partial charge on any atom is -0.422 e. The Morgan fingerprint density at radius 2 is 1.91 bits per heavy atom. The largest absolute Gasteiger partial charge is 0.422 e. The van der Waals surface area contributed by atoms with Crippen LogP contribution in [0.15, 0.2) is 33.5 Å². The predicted octanol–water partition coefficient (Wildman–Crippen LogP) is 2.96. The van der Waals surface area contributed by atoms with E-state index in [4.69, 9.17) is 4.42 Å². The number of hydrogen-bond donors (Lipinski definition) is 2. The molecule has 0 radical (unpaired) electrons. The molecule has 5 nitrogen and oxygen atoms in total. The normalized spacial score (nSPS) is 11.7. The second kappa shape index (κ2) is 5.75. The third kappa shape index (κ3) is 3.81. The van der Waals surface area contributed by atoms with Crippen LogP contribution in [0.1, 0.15) is 31.1 Å². The molecule has 0 aliphatic rings. The summed E-state index contributed by atoms with van der Waals surface area (Å²) in [5.41, 5.74) is -1.19. The lowest BCUT2D eigenvalue weighted by atomic mass is 10.1. The van der Waals surface area contributed by atoms with Crippen LogP contribution in [-0.4, -0.2) is 18.0 Å². The highest BCUT2D eigenvalue weighted by Crippen LogP contribution is 2.20. The molecule has 0 fully saturated rings. The maximum atomic E-state index is 12.3. The summed E-state index contributed by atoms with van der Waals surface area (Å²) in [7, 11) is 0. The van der Waals surface area contributed by atoms with Gasteiger partial charge in [-0.25, -0.2) is 4.79 Å². The molecule has 0 saturated carbocycles. The van der Waals surface area contributed by atoms with E-state index in [0.717, 1.165) is 0 Å². The van der Waals surface area contributed by atoms with E-state index in [1.54, 1.807) is 20.8 Å². The van der Waals surface area contributed by atoms with Crippen LogP contribution in [0.25, 0.3) is 11.0 Å². The Labute approximate surface area is 125 Å². The highest BCUT2D eigenvalue weighted by molar-refractivity contribution is 5.97. The molecule has 2 rings (SSSR count). The smallest absolute Gasteiger partial charge is 0.349 e. The molecule has 0 bridgehead atoms. The van der Waals surface area contributed by atoms with Gasteiger partial charge in [-0.1, -0.05) is 0 Å². The van der Waals surface area contributed by atoms with Crippen molar-refractivity contribution in [3.05, 3.63) is 40.2 Å². The lowest BCUT2D eigenvalue weighted by molar-refractivity contribution is 0.0916. The van der Waals surface area contributed by atoms with Gasteiger partial charge in [0.1, 0.15) is 11.1 Å². The molecule has 2 aromatic rings. The molecule has 0 aliphatic heterocycles. The number of carbonyl (C=O) groups is 1. The average Bonchev–Trinajstić information content (AvgIpc) is 2.34. The van der Waals surface area contributed by atoms with Gasteiger partial charge in [-0.15, -0.1) is 0 Å². The van der Waals surface area contributed by atoms with Crippen LogP contribution in [0.5, 0.6) is 0 Å². The van der Waals surface area contributed by atoms with Gasteiger partial charge in [-0.3, -0.25) is 4.79 Å². The Balaban J connectivity index is 2.42. The van der Waals surface area contributed by atoms with Gasteiger partial charge >= 0.3 is 12.2 Å². The minimum atomic E-state index is -2.72. The maximum Gasteiger partial charge on any atom is 0.349 e. The van der Waals surface area contributed by atoms with Gasteiger partial charge in [0, 0.05) is 22.7 Å². The van der Waals surface area contributed by atoms with Gasteiger partial charge in [0.25, 0.3) is 5.91 Å². The van der Waals surface area contributed by atoms with Gasteiger partial charge in [-0.05, 0) is 39.0 Å². The molecule has 0 spiro atoms. The van der Waals surface area contributed by atoms with Crippen LogP contribution in [0.2, 0.25) is 0 Å². The summed E-state index contributed by atoms with van der Waals surface area (Å²) in [5, 5.41) is 5.05. The SMILES string of the molecule is CC(C)(C)NC(=O)c1cc2ccc(NC(F)F)cc2oc1=O. The molecule has 22 heavy (non-hydrogen) atoms. The number of carbonyl (C=O) groups excluding carboxylic acids is 1. The van der Waals surface area contributed by atoms with Crippen molar-refractivity contribution in [1.29, 1.82) is 0 Å². The van der Waals surface area contributed by atoms with Crippen LogP contribution in [0.4, 0.5) is 14.5 Å². The van der Waals surface area contributed by atoms with E-state index in [-0.39, 0.29) is 16.8 Å². The minimum absolute atomic E-state index is 0.123. The lowest BCUT2D eigenvalue weighted by Gasteiger charge is -2.20. The molecule has 7 heteroatoms. The van der Waals surface area contributed by atoms with Crippen molar-refractivity contribution in [3.63, 3.8) is 0 Å². The van der Waals surface area contributed by atoms with E-state index in [2.05, 4.69) is 5.32 Å². The van der Waals surface area contributed by atoms with Crippen molar-refractivity contribution in [3.8, 4) is 0 Å². The molecular weight excluding hydrogens is 294 g/mol. The molecule has 118 valence electrons. The lowest BCUT2D eigenvalue weighted by Crippen LogP contribution is -2.42. The van der Waals surface area contributed by atoms with E-state index in [1.165, 1.54) is 24.3 Å². The number of anilines is 1. The van der Waals surface area contributed by atoms with Gasteiger partial charge in [0.15, 0.2) is 0 Å². The Hall–Kier alpha value is -2.44. The number of rotatable bonds is 3. The van der Waals surface area contributed by atoms with Crippen LogP contribution in [-0.2, 0) is 0 Å². The van der Waals surface area contributed by atoms with Crippen molar-refractivity contribution in [1.82, 2.24) is 5.32 Å². The van der Waals surface area contributed by atoms with E-state index in [9.17, 15) is 18.4 Å². The molecule has 0 aliphatic carbocycles. The number of nitrogens with one attached hydrogen (secondary N) is 2. The monoisotopic (exact) mass is 310 g/mol. The van der Waals surface area contributed by atoms with Gasteiger partial charge in [-0.2, -0.15) is 8.78 Å². The topological polar surface area (TPSA) is 71.3 Å². The Morgan fingerprint density at radius 1 is 1.23 bits per heavy atom. The van der Waals surface area contributed by atoms with Crippen molar-refractivity contribution in [2.45, 2.75) is 32.9 Å². The first kappa shape index (κ1) is 15.9. The molecule has 2 N–H and O–H groups in total. The predicted molar refractivity (Wildman–Crippen MR) is 79.3 cm³/mol. The summed E-state index contributed by atoms with van der Waals surface area (Å²) in [5.74, 6) is -0.544. The summed E-state index contributed by atoms with van der Waals surface area (Å²) in [4.78, 5) is 24.0. The number of halogens is 2. The molecule has 1 aromatic heterocycles. The van der Waals surface area contributed by atoms with Crippen LogP contribution in [0.3, 0.4) is 0 Å². The van der Waals surface area contributed by atoms with Gasteiger partial charge < -0.3 is 15.1 Å². The van der Waals surface area contributed by atoms with E-state index in [1.807, 2.05) is 5.32 Å². The summed E-state index contributed by atoms with van der Waals surface area (Å²) in [6.45, 7) is 2.64. The molecular formula is C15H16F2N2O3. The number of fused-ring (bicyclic) bond motifs is 1. The highest BCUT2D eigenvalue weighted by atomic mass is 19.3. The van der Waals surface area contributed by atoms with E-state index in [0.29, 0.717) is 5.39 Å². The number of hydrogen-bond acceptors (Lipinski definition) is 4. The first-order valence-electron chi connectivity index (χ1n) is 6.61. The molecule has 0 atom stereocenters. The Kier molecular flexibility index (Phi) is 4.16. The van der Waals surface area contributed by atoms with Gasteiger partial charge in [0.2, 0.25) is 0 Å². The molecule has 1 heterocycles. The fraction of sp³-hybridized carbons (Fsp3) is 0.333. The Morgan fingerprint density at radius 3 is 2.50 bits per heavy atom. The second-order valence-electron chi connectivity index (χ2n) is 5.85. The fourth-order valence-corrected chi connectivity index (χ4v) is 1.89. The first-order chi connectivity index (χ1) is 10.2. The first-order valence-corrected chi connectivity index (χ1v) is 6.61. The van der Waals surface area contributed by atoms with Crippen LogP contribution in [0, 0.1) is 0 Å². The third-order valence-electron chi connectivity index (χ3n) is 2.74. The zero-order valence-electron chi connectivity index (χ0n) is 12.4. The number of alkyl halides is 2. The summed E-state index contributed by atoms with van der Waals surface area (Å²) < 4.78 is 29.6. The third-order valence-corrected chi connectivity index (χ3v) is 2.74. The molecule has 1 aromatic carbocycles. The van der Waals surface area contributed by atoms with E-state index >= 15 is 0 Å². The maximum absolute atomic E-state index is 12.3. The van der Waals surface area contributed by atoms with Crippen LogP contribution < -0.4 is 16.3 Å². The molecule has 0 saturated heterocycles. The zero-order valence-corrected chi connectivity index (χ0v) is 12.4. The standard InChI is InChI=1S/C15H16F2N2O3/c1-15(2,3)19-12(20)10-6-8-4-5-9(18-14(16)17)7-11(8)22-13(10)21/h4-7,14,18H,1-3H3,(H,19,20). The molecule has 0 unspecified atom stereocenters. The average molecular weight is 310 g/mol. The van der Waals surface area contributed by atoms with Crippen LogP contribution >= 0.6 is 0 Å². The van der Waals surface area contributed by atoms with Crippen molar-refractivity contribution in [2.24, 2.45) is 0 Å². The second-order valence-corrected chi connectivity index (χ2v) is 5.85. The van der Waals surface area contributed by atoms with Crippen molar-refractivity contribution < 1.29 is 18.0 Å². The Bertz CT molecular complexity index is 763.